The third kappa shape index (κ3) is 5.18. The maximum atomic E-state index is 5.91. The largest absolute Gasteiger partial charge is 0.235 e. The van der Waals surface area contributed by atoms with Crippen molar-refractivity contribution in [3.63, 3.8) is 0 Å². The molecule has 1 aromatic carbocycles. The molecule has 1 heterocycles. The van der Waals surface area contributed by atoms with Crippen LogP contribution in [-0.2, 0) is 0 Å². The van der Waals surface area contributed by atoms with Crippen LogP contribution in [0.5, 0.6) is 0 Å². The van der Waals surface area contributed by atoms with Gasteiger partial charge < -0.3 is 0 Å². The molecular formula is C22H23ClN2. The van der Waals surface area contributed by atoms with Gasteiger partial charge in [-0.05, 0) is 62.3 Å². The highest BCUT2D eigenvalue weighted by atomic mass is 35.5. The highest BCUT2D eigenvalue weighted by molar-refractivity contribution is 6.30. The van der Waals surface area contributed by atoms with Gasteiger partial charge in [-0.25, -0.2) is 9.97 Å². The topological polar surface area (TPSA) is 25.8 Å². The zero-order valence-electron chi connectivity index (χ0n) is 14.6. The average molecular weight is 351 g/mol. The van der Waals surface area contributed by atoms with Gasteiger partial charge in [0, 0.05) is 28.9 Å². The zero-order chi connectivity index (χ0) is 17.5. The Bertz CT molecular complexity index is 758. The van der Waals surface area contributed by atoms with Crippen LogP contribution in [0.25, 0.3) is 11.4 Å². The first-order valence-corrected chi connectivity index (χ1v) is 9.38. The summed E-state index contributed by atoms with van der Waals surface area (Å²) in [5.74, 6) is 8.61. The first-order valence-electron chi connectivity index (χ1n) is 9.01. The van der Waals surface area contributed by atoms with Gasteiger partial charge in [0.15, 0.2) is 5.82 Å². The van der Waals surface area contributed by atoms with E-state index in [1.54, 1.807) is 12.4 Å². The average Bonchev–Trinajstić information content (AvgIpc) is 2.67. The highest BCUT2D eigenvalue weighted by Crippen LogP contribution is 2.29. The van der Waals surface area contributed by atoms with Crippen LogP contribution in [0.2, 0.25) is 5.02 Å². The summed E-state index contributed by atoms with van der Waals surface area (Å²) in [6.07, 6.45) is 14.3. The second-order valence-corrected chi connectivity index (χ2v) is 6.96. The normalized spacial score (nSPS) is 20.2. The number of halogens is 1. The van der Waals surface area contributed by atoms with E-state index in [1.807, 2.05) is 24.3 Å². The standard InChI is InChI=1S/C22H23ClN2/c1-2-3-4-17-5-7-18(8-6-17)9-10-19-15-24-22(25-16-19)20-11-13-21(23)14-12-20/h3-4,11-18H,2,5-8H2,1H3/b4-3+/t17-,18-. The molecule has 0 spiro atoms. The fourth-order valence-corrected chi connectivity index (χ4v) is 3.24. The second-order valence-electron chi connectivity index (χ2n) is 6.52. The lowest BCUT2D eigenvalue weighted by molar-refractivity contribution is 0.364. The van der Waals surface area contributed by atoms with E-state index in [-0.39, 0.29) is 0 Å². The van der Waals surface area contributed by atoms with Crippen molar-refractivity contribution in [1.29, 1.82) is 0 Å². The van der Waals surface area contributed by atoms with Crippen LogP contribution in [-0.4, -0.2) is 9.97 Å². The van der Waals surface area contributed by atoms with E-state index in [9.17, 15) is 0 Å². The minimum atomic E-state index is 0.502. The molecule has 0 saturated heterocycles. The van der Waals surface area contributed by atoms with Crippen LogP contribution < -0.4 is 0 Å². The molecule has 0 bridgehead atoms. The van der Waals surface area contributed by atoms with Gasteiger partial charge in [-0.1, -0.05) is 42.5 Å². The van der Waals surface area contributed by atoms with Gasteiger partial charge in [-0.2, -0.15) is 0 Å². The number of rotatable bonds is 3. The molecule has 0 unspecified atom stereocenters. The maximum absolute atomic E-state index is 5.91. The monoisotopic (exact) mass is 350 g/mol. The van der Waals surface area contributed by atoms with Gasteiger partial charge in [0.25, 0.3) is 0 Å². The van der Waals surface area contributed by atoms with Crippen molar-refractivity contribution < 1.29 is 0 Å². The lowest BCUT2D eigenvalue weighted by Crippen LogP contribution is -2.11. The van der Waals surface area contributed by atoms with E-state index in [2.05, 4.69) is 40.9 Å². The number of benzene rings is 1. The van der Waals surface area contributed by atoms with Crippen molar-refractivity contribution >= 4 is 11.6 Å². The molecule has 0 aliphatic heterocycles. The summed E-state index contributed by atoms with van der Waals surface area (Å²) < 4.78 is 0. The van der Waals surface area contributed by atoms with Crippen LogP contribution in [0.4, 0.5) is 0 Å². The number of hydrogen-bond donors (Lipinski definition) is 0. The Morgan fingerprint density at radius 1 is 1.08 bits per heavy atom. The Hall–Kier alpha value is -2.11. The molecule has 1 aliphatic carbocycles. The molecule has 3 heteroatoms. The predicted octanol–water partition coefficient (Wildman–Crippen LogP) is 5.92. The molecule has 2 nitrogen and oxygen atoms in total. The predicted molar refractivity (Wildman–Crippen MR) is 104 cm³/mol. The van der Waals surface area contributed by atoms with Crippen LogP contribution in [0.1, 0.15) is 44.6 Å². The van der Waals surface area contributed by atoms with E-state index in [4.69, 9.17) is 11.6 Å². The minimum Gasteiger partial charge on any atom is -0.235 e. The van der Waals surface area contributed by atoms with Crippen molar-refractivity contribution in [1.82, 2.24) is 9.97 Å². The summed E-state index contributed by atoms with van der Waals surface area (Å²) in [7, 11) is 0. The van der Waals surface area contributed by atoms with Gasteiger partial charge in [0.1, 0.15) is 0 Å². The number of nitrogens with zero attached hydrogens (tertiary/aromatic N) is 2. The SMILES string of the molecule is CC/C=C/[C@H]1CC[C@H](C#Cc2cnc(-c3ccc(Cl)cc3)nc2)CC1. The molecule has 25 heavy (non-hydrogen) atoms. The third-order valence-corrected chi connectivity index (χ3v) is 4.84. The molecule has 128 valence electrons. The van der Waals surface area contributed by atoms with Crippen LogP contribution in [0.3, 0.4) is 0 Å². The first-order chi connectivity index (χ1) is 12.2. The Morgan fingerprint density at radius 2 is 1.76 bits per heavy atom. The summed E-state index contributed by atoms with van der Waals surface area (Å²) in [6.45, 7) is 2.19. The third-order valence-electron chi connectivity index (χ3n) is 4.59. The van der Waals surface area contributed by atoms with Gasteiger partial charge in [-0.15, -0.1) is 0 Å². The zero-order valence-corrected chi connectivity index (χ0v) is 15.3. The van der Waals surface area contributed by atoms with Crippen molar-refractivity contribution in [2.75, 3.05) is 0 Å². The van der Waals surface area contributed by atoms with Crippen LogP contribution >= 0.6 is 11.6 Å². The van der Waals surface area contributed by atoms with E-state index in [1.165, 1.54) is 25.7 Å². The first kappa shape index (κ1) is 17.7. The summed E-state index contributed by atoms with van der Waals surface area (Å²) >= 11 is 5.91. The lowest BCUT2D eigenvalue weighted by atomic mass is 9.82. The van der Waals surface area contributed by atoms with Crippen LogP contribution in [0, 0.1) is 23.7 Å². The lowest BCUT2D eigenvalue weighted by Gasteiger charge is -2.23. The quantitative estimate of drug-likeness (QED) is 0.507. The van der Waals surface area contributed by atoms with Gasteiger partial charge in [-0.3, -0.25) is 0 Å². The van der Waals surface area contributed by atoms with Crippen molar-refractivity contribution in [3.8, 4) is 23.2 Å². The van der Waals surface area contributed by atoms with E-state index >= 15 is 0 Å². The molecule has 2 aromatic rings. The minimum absolute atomic E-state index is 0.502. The van der Waals surface area contributed by atoms with E-state index in [0.717, 1.165) is 23.5 Å². The molecule has 3 rings (SSSR count). The fourth-order valence-electron chi connectivity index (χ4n) is 3.11. The van der Waals surface area contributed by atoms with E-state index in [0.29, 0.717) is 16.8 Å². The summed E-state index contributed by atoms with van der Waals surface area (Å²) in [6, 6.07) is 7.54. The molecule has 1 saturated carbocycles. The Labute approximate surface area is 155 Å². The maximum Gasteiger partial charge on any atom is 0.159 e. The van der Waals surface area contributed by atoms with Gasteiger partial charge >= 0.3 is 0 Å². The van der Waals surface area contributed by atoms with Crippen molar-refractivity contribution in [3.05, 3.63) is 59.4 Å². The Balaban J connectivity index is 1.58. The summed E-state index contributed by atoms with van der Waals surface area (Å²) in [5.41, 5.74) is 1.84. The van der Waals surface area contributed by atoms with Crippen LogP contribution in [0.15, 0.2) is 48.8 Å². The molecule has 0 atom stereocenters. The number of allylic oxidation sites excluding steroid dienone is 2. The Morgan fingerprint density at radius 3 is 2.40 bits per heavy atom. The molecule has 0 N–H and O–H groups in total. The van der Waals surface area contributed by atoms with E-state index < -0.39 is 0 Å². The smallest absolute Gasteiger partial charge is 0.159 e. The molecule has 1 aliphatic rings. The summed E-state index contributed by atoms with van der Waals surface area (Å²) in [4.78, 5) is 8.84. The molecule has 1 fully saturated rings. The molecule has 1 aromatic heterocycles. The summed E-state index contributed by atoms with van der Waals surface area (Å²) in [5, 5.41) is 0.714. The van der Waals surface area contributed by atoms with Gasteiger partial charge in [0.2, 0.25) is 0 Å². The number of aromatic nitrogens is 2. The second kappa shape index (κ2) is 8.83. The number of hydrogen-bond acceptors (Lipinski definition) is 2. The fraction of sp³-hybridized carbons (Fsp3) is 0.364. The highest BCUT2D eigenvalue weighted by Gasteiger charge is 2.17. The van der Waals surface area contributed by atoms with Crippen molar-refractivity contribution in [2.45, 2.75) is 39.0 Å². The van der Waals surface area contributed by atoms with Gasteiger partial charge in [0.05, 0.1) is 5.56 Å². The molecule has 0 radical (unpaired) electrons. The Kier molecular flexibility index (Phi) is 6.25. The van der Waals surface area contributed by atoms with Crippen molar-refractivity contribution in [2.24, 2.45) is 11.8 Å². The molecular weight excluding hydrogens is 328 g/mol. The molecule has 0 amide bonds.